The summed E-state index contributed by atoms with van der Waals surface area (Å²) in [5.74, 6) is -0.905. The van der Waals surface area contributed by atoms with E-state index in [9.17, 15) is 4.79 Å². The predicted molar refractivity (Wildman–Crippen MR) is 57.7 cm³/mol. The van der Waals surface area contributed by atoms with Gasteiger partial charge in [-0.2, -0.15) is 0 Å². The third-order valence-corrected chi connectivity index (χ3v) is 2.70. The summed E-state index contributed by atoms with van der Waals surface area (Å²) in [5.41, 5.74) is 2.02. The molecule has 0 aromatic carbocycles. The zero-order valence-corrected chi connectivity index (χ0v) is 8.78. The summed E-state index contributed by atoms with van der Waals surface area (Å²) in [6.45, 7) is 0. The maximum atomic E-state index is 11.0. The molecule has 0 bridgehead atoms. The maximum Gasteiger partial charge on any atom is 0.337 e. The van der Waals surface area contributed by atoms with Crippen LogP contribution in [0.15, 0.2) is 40.9 Å². The minimum atomic E-state index is -0.905. The van der Waals surface area contributed by atoms with Gasteiger partial charge in [0.2, 0.25) is 0 Å². The number of hydrogen-bond acceptors (Lipinski definition) is 1. The van der Waals surface area contributed by atoms with Crippen molar-refractivity contribution in [1.29, 1.82) is 0 Å². The fraction of sp³-hybridized carbons (Fsp3) is 0. The van der Waals surface area contributed by atoms with Crippen molar-refractivity contribution in [3.63, 3.8) is 0 Å². The number of halogens is 1. The van der Waals surface area contributed by atoms with Crippen molar-refractivity contribution in [3.05, 3.63) is 46.4 Å². The van der Waals surface area contributed by atoms with E-state index in [1.807, 2.05) is 36.4 Å². The lowest BCUT2D eigenvalue weighted by atomic mass is 10.1. The molecule has 0 amide bonds. The summed E-state index contributed by atoms with van der Waals surface area (Å²) in [6.07, 6.45) is 0. The molecule has 14 heavy (non-hydrogen) atoms. The molecule has 0 heterocycles. The predicted octanol–water partition coefficient (Wildman–Crippen LogP) is 3.25. The van der Waals surface area contributed by atoms with Gasteiger partial charge in [-0.3, -0.25) is 0 Å². The SMILES string of the molecule is O=C(O)c1c(Br)cc2cccccc1-2. The standard InChI is InChI=1S/C11H7BrO2/c12-9-6-7-4-2-1-3-5-8(7)10(9)11(13)14/h1-6H,(H,13,14). The molecule has 0 saturated heterocycles. The van der Waals surface area contributed by atoms with E-state index in [0.29, 0.717) is 10.0 Å². The molecule has 0 atom stereocenters. The Hall–Kier alpha value is -1.35. The largest absolute Gasteiger partial charge is 0.478 e. The van der Waals surface area contributed by atoms with Crippen molar-refractivity contribution < 1.29 is 9.90 Å². The molecule has 2 nitrogen and oxygen atoms in total. The first-order valence-corrected chi connectivity index (χ1v) is 4.90. The number of aromatic carboxylic acids is 1. The minimum absolute atomic E-state index is 0.330. The van der Waals surface area contributed by atoms with Gasteiger partial charge in [-0.05, 0) is 33.1 Å². The molecular weight excluding hydrogens is 244 g/mol. The number of fused-ring (bicyclic) bond motifs is 1. The maximum absolute atomic E-state index is 11.0. The number of hydrogen-bond donors (Lipinski definition) is 1. The molecule has 0 aliphatic heterocycles. The van der Waals surface area contributed by atoms with Crippen LogP contribution < -0.4 is 0 Å². The summed E-state index contributed by atoms with van der Waals surface area (Å²) in [4.78, 5) is 11.0. The Morgan fingerprint density at radius 2 is 1.93 bits per heavy atom. The van der Waals surface area contributed by atoms with Gasteiger partial charge in [0.25, 0.3) is 0 Å². The molecule has 2 aliphatic carbocycles. The highest BCUT2D eigenvalue weighted by Crippen LogP contribution is 2.34. The molecule has 2 rings (SSSR count). The van der Waals surface area contributed by atoms with E-state index < -0.39 is 5.97 Å². The molecule has 0 aromatic rings. The van der Waals surface area contributed by atoms with Gasteiger partial charge in [0.15, 0.2) is 0 Å². The summed E-state index contributed by atoms with van der Waals surface area (Å²) >= 11 is 3.24. The number of carboxylic acid groups (broad SMARTS) is 1. The first-order chi connectivity index (χ1) is 6.70. The second-order valence-corrected chi connectivity index (χ2v) is 3.81. The van der Waals surface area contributed by atoms with Crippen molar-refractivity contribution in [1.82, 2.24) is 0 Å². The van der Waals surface area contributed by atoms with E-state index in [4.69, 9.17) is 5.11 Å². The number of carboxylic acids is 1. The summed E-state index contributed by atoms with van der Waals surface area (Å²) in [5, 5.41) is 9.00. The Morgan fingerprint density at radius 1 is 1.21 bits per heavy atom. The van der Waals surface area contributed by atoms with Gasteiger partial charge in [0, 0.05) is 4.47 Å². The monoisotopic (exact) mass is 250 g/mol. The highest BCUT2D eigenvalue weighted by Gasteiger charge is 2.18. The summed E-state index contributed by atoms with van der Waals surface area (Å²) in [6, 6.07) is 11.1. The smallest absolute Gasteiger partial charge is 0.337 e. The highest BCUT2D eigenvalue weighted by molar-refractivity contribution is 9.10. The van der Waals surface area contributed by atoms with Gasteiger partial charge in [-0.15, -0.1) is 0 Å². The lowest BCUT2D eigenvalue weighted by molar-refractivity contribution is 0.0697. The van der Waals surface area contributed by atoms with Gasteiger partial charge in [-0.25, -0.2) is 4.79 Å². The van der Waals surface area contributed by atoms with Crippen molar-refractivity contribution in [2.24, 2.45) is 0 Å². The van der Waals surface area contributed by atoms with E-state index in [2.05, 4.69) is 15.9 Å². The van der Waals surface area contributed by atoms with Crippen molar-refractivity contribution >= 4 is 21.9 Å². The first-order valence-electron chi connectivity index (χ1n) is 4.10. The fourth-order valence-electron chi connectivity index (χ4n) is 1.47. The number of rotatable bonds is 1. The average Bonchev–Trinajstić information content (AvgIpc) is 2.31. The van der Waals surface area contributed by atoms with Crippen LogP contribution in [0.2, 0.25) is 0 Å². The van der Waals surface area contributed by atoms with Crippen LogP contribution in [0, 0.1) is 0 Å². The van der Waals surface area contributed by atoms with Gasteiger partial charge in [-0.1, -0.05) is 30.3 Å². The zero-order valence-electron chi connectivity index (χ0n) is 7.20. The van der Waals surface area contributed by atoms with Crippen LogP contribution in [-0.4, -0.2) is 11.1 Å². The molecule has 0 fully saturated rings. The van der Waals surface area contributed by atoms with Crippen LogP contribution in [-0.2, 0) is 0 Å². The van der Waals surface area contributed by atoms with E-state index >= 15 is 0 Å². The van der Waals surface area contributed by atoms with Crippen molar-refractivity contribution in [3.8, 4) is 11.1 Å². The van der Waals surface area contributed by atoms with Crippen LogP contribution >= 0.6 is 15.9 Å². The molecule has 1 N–H and O–H groups in total. The average molecular weight is 251 g/mol. The summed E-state index contributed by atoms with van der Waals surface area (Å²) in [7, 11) is 0. The Morgan fingerprint density at radius 3 is 2.64 bits per heavy atom. The van der Waals surface area contributed by atoms with Crippen LogP contribution in [0.4, 0.5) is 0 Å². The van der Waals surface area contributed by atoms with Gasteiger partial charge >= 0.3 is 5.97 Å². The lowest BCUT2D eigenvalue weighted by Crippen LogP contribution is -1.95. The molecule has 0 saturated carbocycles. The van der Waals surface area contributed by atoms with Crippen LogP contribution in [0.25, 0.3) is 11.1 Å². The van der Waals surface area contributed by atoms with Crippen molar-refractivity contribution in [2.45, 2.75) is 0 Å². The fourth-order valence-corrected chi connectivity index (χ4v) is 2.10. The first kappa shape index (κ1) is 9.21. The molecule has 70 valence electrons. The molecule has 0 unspecified atom stereocenters. The van der Waals surface area contributed by atoms with E-state index in [0.717, 1.165) is 11.1 Å². The third-order valence-electron chi connectivity index (χ3n) is 2.08. The van der Waals surface area contributed by atoms with Crippen LogP contribution in [0.1, 0.15) is 10.4 Å². The normalized spacial score (nSPS) is 10.4. The van der Waals surface area contributed by atoms with Gasteiger partial charge in [0.05, 0.1) is 5.56 Å². The van der Waals surface area contributed by atoms with E-state index in [1.54, 1.807) is 0 Å². The van der Waals surface area contributed by atoms with Gasteiger partial charge in [0.1, 0.15) is 0 Å². The quantitative estimate of drug-likeness (QED) is 0.844. The van der Waals surface area contributed by atoms with Gasteiger partial charge < -0.3 is 5.11 Å². The second-order valence-electron chi connectivity index (χ2n) is 2.95. The number of carbonyl (C=O) groups is 1. The third kappa shape index (κ3) is 1.40. The Kier molecular flexibility index (Phi) is 2.25. The molecule has 0 aromatic heterocycles. The molecular formula is C11H7BrO2. The Bertz CT molecular complexity index is 465. The van der Waals surface area contributed by atoms with Crippen LogP contribution in [0.3, 0.4) is 0 Å². The topological polar surface area (TPSA) is 37.3 Å². The Labute approximate surface area is 89.7 Å². The van der Waals surface area contributed by atoms with Crippen molar-refractivity contribution in [2.75, 3.05) is 0 Å². The van der Waals surface area contributed by atoms with Crippen LogP contribution in [0.5, 0.6) is 0 Å². The highest BCUT2D eigenvalue weighted by atomic mass is 79.9. The minimum Gasteiger partial charge on any atom is -0.478 e. The summed E-state index contributed by atoms with van der Waals surface area (Å²) < 4.78 is 0.631. The molecule has 2 aliphatic rings. The second kappa shape index (κ2) is 3.42. The molecule has 0 spiro atoms. The van der Waals surface area contributed by atoms with E-state index in [1.165, 1.54) is 0 Å². The van der Waals surface area contributed by atoms with E-state index in [-0.39, 0.29) is 0 Å². The Balaban J connectivity index is 2.77. The lowest BCUT2D eigenvalue weighted by Gasteiger charge is -1.94. The molecule has 0 radical (unpaired) electrons. The zero-order chi connectivity index (χ0) is 10.1. The molecule has 3 heteroatoms.